The van der Waals surface area contributed by atoms with Crippen LogP contribution in [-0.2, 0) is 0 Å². The average Bonchev–Trinajstić information content (AvgIpc) is 2.64. The van der Waals surface area contributed by atoms with E-state index in [1.165, 1.54) is 65.4 Å². The third-order valence-electron chi connectivity index (χ3n) is 6.87. The van der Waals surface area contributed by atoms with Gasteiger partial charge < -0.3 is 0 Å². The molecule has 0 aromatic heterocycles. The average molecular weight is 426 g/mol. The Bertz CT molecular complexity index is 411. The van der Waals surface area contributed by atoms with Crippen LogP contribution in [0.3, 0.4) is 0 Å². The Morgan fingerprint density at radius 2 is 0.833 bits per heavy atom. The lowest BCUT2D eigenvalue weighted by atomic mass is 10.2. The van der Waals surface area contributed by atoms with Gasteiger partial charge in [0.2, 0.25) is 0 Å². The highest BCUT2D eigenvalue weighted by atomic mass is 15.3. The van der Waals surface area contributed by atoms with Crippen LogP contribution in [0.1, 0.15) is 69.2 Å². The number of nitrogens with zero attached hydrogens (tertiary/aromatic N) is 5. The Labute approximate surface area is 189 Å². The van der Waals surface area contributed by atoms with Gasteiger partial charge in [-0.2, -0.15) is 0 Å². The van der Waals surface area contributed by atoms with E-state index in [2.05, 4.69) is 93.7 Å². The van der Waals surface area contributed by atoms with Crippen molar-refractivity contribution in [2.24, 2.45) is 0 Å². The fourth-order valence-corrected chi connectivity index (χ4v) is 4.86. The van der Waals surface area contributed by atoms with Crippen LogP contribution in [0, 0.1) is 0 Å². The maximum atomic E-state index is 2.68. The van der Waals surface area contributed by atoms with Gasteiger partial charge in [0.15, 0.2) is 0 Å². The Morgan fingerprint density at radius 1 is 0.467 bits per heavy atom. The van der Waals surface area contributed by atoms with E-state index in [9.17, 15) is 0 Å². The van der Waals surface area contributed by atoms with E-state index in [1.54, 1.807) is 0 Å². The molecule has 0 bridgehead atoms. The summed E-state index contributed by atoms with van der Waals surface area (Å²) in [6.07, 6.45) is 0. The second-order valence-electron chi connectivity index (χ2n) is 10.7. The van der Waals surface area contributed by atoms with Gasteiger partial charge in [-0.1, -0.05) is 0 Å². The van der Waals surface area contributed by atoms with Crippen molar-refractivity contribution in [1.82, 2.24) is 24.5 Å². The molecule has 0 saturated carbocycles. The Balaban J connectivity index is 2.37. The molecule has 0 unspecified atom stereocenters. The lowest BCUT2D eigenvalue weighted by Gasteiger charge is -2.39. The topological polar surface area (TPSA) is 16.2 Å². The fourth-order valence-electron chi connectivity index (χ4n) is 4.86. The van der Waals surface area contributed by atoms with E-state index in [0.29, 0.717) is 30.2 Å². The zero-order valence-corrected chi connectivity index (χ0v) is 22.2. The third-order valence-corrected chi connectivity index (χ3v) is 6.87. The van der Waals surface area contributed by atoms with Crippen LogP contribution in [0.15, 0.2) is 0 Å². The molecule has 1 fully saturated rings. The summed E-state index contributed by atoms with van der Waals surface area (Å²) in [6.45, 7) is 35.3. The predicted molar refractivity (Wildman–Crippen MR) is 134 cm³/mol. The number of rotatable bonds is 14. The normalized spacial score (nSPS) is 17.4. The summed E-state index contributed by atoms with van der Waals surface area (Å²) in [5.41, 5.74) is 0. The first-order valence-electron chi connectivity index (χ1n) is 12.7. The fraction of sp³-hybridized carbons (Fsp3) is 1.00. The molecule has 0 amide bonds. The molecule has 0 spiro atoms. The van der Waals surface area contributed by atoms with E-state index >= 15 is 0 Å². The van der Waals surface area contributed by atoms with Crippen molar-refractivity contribution in [1.29, 1.82) is 0 Å². The van der Waals surface area contributed by atoms with Crippen LogP contribution in [0.4, 0.5) is 0 Å². The van der Waals surface area contributed by atoms with Gasteiger partial charge in [-0.3, -0.25) is 24.5 Å². The summed E-state index contributed by atoms with van der Waals surface area (Å²) in [5, 5.41) is 0. The molecular weight excluding hydrogens is 370 g/mol. The van der Waals surface area contributed by atoms with E-state index in [0.717, 1.165) is 0 Å². The minimum atomic E-state index is 0.616. The molecule has 0 aliphatic carbocycles. The van der Waals surface area contributed by atoms with Crippen LogP contribution in [-0.4, -0.2) is 120 Å². The van der Waals surface area contributed by atoms with E-state index in [4.69, 9.17) is 0 Å². The zero-order valence-electron chi connectivity index (χ0n) is 22.2. The SMILES string of the molecule is CC(C)N(CCN1CCN(CCN(C(C)C)C(C)C)CC1)CCN(C(C)C)C(C)C. The monoisotopic (exact) mass is 425 g/mol. The predicted octanol–water partition coefficient (Wildman–Crippen LogP) is 3.55. The smallest absolute Gasteiger partial charge is 0.0115 e. The summed E-state index contributed by atoms with van der Waals surface area (Å²) in [6, 6.07) is 3.13. The van der Waals surface area contributed by atoms with Gasteiger partial charge in [0.05, 0.1) is 0 Å². The summed E-state index contributed by atoms with van der Waals surface area (Å²) in [4.78, 5) is 13.2. The number of hydrogen-bond donors (Lipinski definition) is 0. The Hall–Kier alpha value is -0.200. The van der Waals surface area contributed by atoms with Crippen molar-refractivity contribution in [2.75, 3.05) is 65.4 Å². The standard InChI is InChI=1S/C25H55N5/c1-21(2)28(18-20-30(24(7)8)25(9)10)17-15-26-11-13-27(14-12-26)16-19-29(22(3)4)23(5)6/h21-25H,11-20H2,1-10H3. The van der Waals surface area contributed by atoms with Crippen molar-refractivity contribution in [3.8, 4) is 0 Å². The lowest BCUT2D eigenvalue weighted by Crippen LogP contribution is -2.52. The largest absolute Gasteiger partial charge is 0.300 e. The minimum absolute atomic E-state index is 0.616. The molecule has 1 rings (SSSR count). The lowest BCUT2D eigenvalue weighted by molar-refractivity contribution is 0.0846. The van der Waals surface area contributed by atoms with Crippen molar-refractivity contribution < 1.29 is 0 Å². The first kappa shape index (κ1) is 27.8. The number of piperazine rings is 1. The quantitative estimate of drug-likeness (QED) is 0.422. The third kappa shape index (κ3) is 9.95. The van der Waals surface area contributed by atoms with Crippen molar-refractivity contribution >= 4 is 0 Å². The van der Waals surface area contributed by atoms with Gasteiger partial charge in [-0.05, 0) is 69.2 Å². The highest BCUT2D eigenvalue weighted by Crippen LogP contribution is 2.09. The van der Waals surface area contributed by atoms with Crippen molar-refractivity contribution in [3.63, 3.8) is 0 Å². The van der Waals surface area contributed by atoms with E-state index < -0.39 is 0 Å². The van der Waals surface area contributed by atoms with Gasteiger partial charge in [-0.15, -0.1) is 0 Å². The zero-order chi connectivity index (χ0) is 22.8. The molecule has 30 heavy (non-hydrogen) atoms. The van der Waals surface area contributed by atoms with E-state index in [1.807, 2.05) is 0 Å². The summed E-state index contributed by atoms with van der Waals surface area (Å²) >= 11 is 0. The maximum Gasteiger partial charge on any atom is 0.0115 e. The van der Waals surface area contributed by atoms with Crippen LogP contribution >= 0.6 is 0 Å². The summed E-state index contributed by atoms with van der Waals surface area (Å²) in [7, 11) is 0. The molecule has 0 radical (unpaired) electrons. The van der Waals surface area contributed by atoms with Crippen LogP contribution in [0.25, 0.3) is 0 Å². The molecule has 180 valence electrons. The van der Waals surface area contributed by atoms with Crippen LogP contribution in [0.2, 0.25) is 0 Å². The first-order chi connectivity index (χ1) is 14.0. The second-order valence-corrected chi connectivity index (χ2v) is 10.7. The van der Waals surface area contributed by atoms with Crippen molar-refractivity contribution in [3.05, 3.63) is 0 Å². The molecule has 0 aromatic rings. The van der Waals surface area contributed by atoms with Gasteiger partial charge >= 0.3 is 0 Å². The molecule has 5 nitrogen and oxygen atoms in total. The molecule has 0 atom stereocenters. The second kappa shape index (κ2) is 14.1. The Morgan fingerprint density at radius 3 is 1.20 bits per heavy atom. The van der Waals surface area contributed by atoms with Gasteiger partial charge in [0.1, 0.15) is 0 Å². The minimum Gasteiger partial charge on any atom is -0.300 e. The molecule has 5 heteroatoms. The maximum absolute atomic E-state index is 2.68. The van der Waals surface area contributed by atoms with Crippen LogP contribution < -0.4 is 0 Å². The highest BCUT2D eigenvalue weighted by molar-refractivity contribution is 4.77. The summed E-state index contributed by atoms with van der Waals surface area (Å²) in [5.74, 6) is 0. The molecule has 1 aliphatic heterocycles. The number of hydrogen-bond acceptors (Lipinski definition) is 5. The van der Waals surface area contributed by atoms with E-state index in [-0.39, 0.29) is 0 Å². The Kier molecular flexibility index (Phi) is 13.0. The van der Waals surface area contributed by atoms with Gasteiger partial charge in [0, 0.05) is 95.7 Å². The van der Waals surface area contributed by atoms with Gasteiger partial charge in [0.25, 0.3) is 0 Å². The molecule has 1 saturated heterocycles. The van der Waals surface area contributed by atoms with Crippen molar-refractivity contribution in [2.45, 2.75) is 99.4 Å². The molecule has 0 aromatic carbocycles. The molecular formula is C25H55N5. The highest BCUT2D eigenvalue weighted by Gasteiger charge is 2.21. The molecule has 0 N–H and O–H groups in total. The summed E-state index contributed by atoms with van der Waals surface area (Å²) < 4.78 is 0. The molecule has 1 heterocycles. The molecule has 1 aliphatic rings. The van der Waals surface area contributed by atoms with Gasteiger partial charge in [-0.25, -0.2) is 0 Å². The first-order valence-corrected chi connectivity index (χ1v) is 12.7. The van der Waals surface area contributed by atoms with Crippen LogP contribution in [0.5, 0.6) is 0 Å².